The number of benzene rings is 2. The summed E-state index contributed by atoms with van der Waals surface area (Å²) >= 11 is 0. The summed E-state index contributed by atoms with van der Waals surface area (Å²) in [6.07, 6.45) is 2.90. The van der Waals surface area contributed by atoms with Gasteiger partial charge in [0.2, 0.25) is 5.91 Å². The maximum absolute atomic E-state index is 13.0. The molecule has 2 aromatic heterocycles. The summed E-state index contributed by atoms with van der Waals surface area (Å²) in [5, 5.41) is 0.502. The topological polar surface area (TPSA) is 97.7 Å². The molecule has 156 valence electrons. The average molecular weight is 417 g/mol. The second kappa shape index (κ2) is 7.32. The molecule has 8 heteroatoms. The molecular weight excluding hydrogens is 398 g/mol. The Balaban J connectivity index is 1.65. The summed E-state index contributed by atoms with van der Waals surface area (Å²) < 4.78 is 16.6. The Morgan fingerprint density at radius 3 is 2.84 bits per heavy atom. The van der Waals surface area contributed by atoms with Gasteiger partial charge in [-0.05, 0) is 24.3 Å². The van der Waals surface area contributed by atoms with Crippen LogP contribution in [0.15, 0.2) is 58.2 Å². The highest BCUT2D eigenvalue weighted by atomic mass is 16.5. The molecule has 31 heavy (non-hydrogen) atoms. The fourth-order valence-electron chi connectivity index (χ4n) is 3.86. The van der Waals surface area contributed by atoms with Crippen LogP contribution in [-0.4, -0.2) is 36.1 Å². The predicted molar refractivity (Wildman–Crippen MR) is 116 cm³/mol. The Labute approximate surface area is 177 Å². The van der Waals surface area contributed by atoms with Crippen LogP contribution in [0.4, 0.5) is 5.69 Å². The molecule has 1 aliphatic heterocycles. The molecule has 5 rings (SSSR count). The number of fused-ring (bicyclic) bond motifs is 2. The predicted octanol–water partition coefficient (Wildman–Crippen LogP) is 3.60. The van der Waals surface area contributed by atoms with Gasteiger partial charge in [0.25, 0.3) is 0 Å². The molecule has 1 amide bonds. The van der Waals surface area contributed by atoms with Crippen molar-refractivity contribution >= 4 is 22.5 Å². The maximum Gasteiger partial charge on any atom is 0.224 e. The quantitative estimate of drug-likeness (QED) is 0.547. The largest absolute Gasteiger partial charge is 0.496 e. The van der Waals surface area contributed by atoms with Crippen LogP contribution < -0.4 is 19.8 Å². The zero-order valence-electron chi connectivity index (χ0n) is 17.0. The van der Waals surface area contributed by atoms with Gasteiger partial charge in [0.15, 0.2) is 17.6 Å². The van der Waals surface area contributed by atoms with Gasteiger partial charge in [0.1, 0.15) is 18.1 Å². The average Bonchev–Trinajstić information content (AvgIpc) is 3.32. The van der Waals surface area contributed by atoms with Crippen LogP contribution in [0.5, 0.6) is 11.5 Å². The number of aromatic amines is 1. The minimum Gasteiger partial charge on any atom is -0.496 e. The van der Waals surface area contributed by atoms with Gasteiger partial charge in [0, 0.05) is 35.7 Å². The first-order chi connectivity index (χ1) is 15.0. The van der Waals surface area contributed by atoms with Crippen molar-refractivity contribution in [1.29, 1.82) is 0 Å². The number of hydrogen-bond donors (Lipinski definition) is 1. The van der Waals surface area contributed by atoms with Gasteiger partial charge in [-0.15, -0.1) is 0 Å². The van der Waals surface area contributed by atoms with Crippen molar-refractivity contribution < 1.29 is 18.7 Å². The van der Waals surface area contributed by atoms with Gasteiger partial charge in [-0.2, -0.15) is 0 Å². The Bertz CT molecular complexity index is 1360. The van der Waals surface area contributed by atoms with Gasteiger partial charge >= 0.3 is 0 Å². The number of H-pyrrole nitrogens is 1. The van der Waals surface area contributed by atoms with E-state index in [0.717, 1.165) is 5.56 Å². The highest BCUT2D eigenvalue weighted by Gasteiger charge is 2.22. The Morgan fingerprint density at radius 1 is 1.23 bits per heavy atom. The number of carbonyl (C=O) groups excluding carboxylic acids is 1. The number of ether oxygens (including phenoxy) is 2. The normalized spacial score (nSPS) is 13.0. The summed E-state index contributed by atoms with van der Waals surface area (Å²) in [6.45, 7) is 2.46. The van der Waals surface area contributed by atoms with Crippen LogP contribution in [0.3, 0.4) is 0 Å². The molecule has 0 unspecified atom stereocenters. The second-order valence-electron chi connectivity index (χ2n) is 7.21. The van der Waals surface area contributed by atoms with E-state index >= 15 is 0 Å². The summed E-state index contributed by atoms with van der Waals surface area (Å²) in [6, 6.07) is 10.6. The van der Waals surface area contributed by atoms with Gasteiger partial charge in [-0.25, -0.2) is 4.98 Å². The third kappa shape index (κ3) is 3.22. The van der Waals surface area contributed by atoms with E-state index in [-0.39, 0.29) is 11.3 Å². The minimum absolute atomic E-state index is 0.0570. The summed E-state index contributed by atoms with van der Waals surface area (Å²) in [5.41, 5.74) is 3.21. The summed E-state index contributed by atoms with van der Waals surface area (Å²) in [7, 11) is 1.56. The molecule has 3 heterocycles. The third-order valence-electron chi connectivity index (χ3n) is 5.36. The van der Waals surface area contributed by atoms with E-state index in [2.05, 4.69) is 9.97 Å². The number of oxazole rings is 1. The van der Waals surface area contributed by atoms with Gasteiger partial charge in [0.05, 0.1) is 36.6 Å². The minimum atomic E-state index is -0.149. The Morgan fingerprint density at radius 2 is 2.10 bits per heavy atom. The van der Waals surface area contributed by atoms with Crippen molar-refractivity contribution in [3.8, 4) is 34.1 Å². The number of hydrogen-bond acceptors (Lipinski definition) is 6. The lowest BCUT2D eigenvalue weighted by atomic mass is 10.0. The third-order valence-corrected chi connectivity index (χ3v) is 5.36. The van der Waals surface area contributed by atoms with E-state index in [1.807, 2.05) is 18.2 Å². The Hall–Kier alpha value is -4.07. The molecule has 0 aliphatic carbocycles. The molecule has 2 aromatic carbocycles. The summed E-state index contributed by atoms with van der Waals surface area (Å²) in [4.78, 5) is 33.9. The van der Waals surface area contributed by atoms with Gasteiger partial charge < -0.3 is 23.8 Å². The maximum atomic E-state index is 13.0. The van der Waals surface area contributed by atoms with Crippen LogP contribution in [0.1, 0.15) is 6.92 Å². The zero-order chi connectivity index (χ0) is 21.5. The van der Waals surface area contributed by atoms with Crippen molar-refractivity contribution in [2.45, 2.75) is 6.92 Å². The number of aromatic nitrogens is 2. The van der Waals surface area contributed by atoms with Crippen molar-refractivity contribution in [2.24, 2.45) is 0 Å². The molecule has 0 atom stereocenters. The fourth-order valence-corrected chi connectivity index (χ4v) is 3.86. The molecule has 0 saturated heterocycles. The number of pyridine rings is 1. The number of amides is 1. The van der Waals surface area contributed by atoms with E-state index < -0.39 is 0 Å². The molecule has 0 saturated carbocycles. The van der Waals surface area contributed by atoms with Crippen LogP contribution in [0, 0.1) is 0 Å². The molecule has 4 aromatic rings. The number of nitrogens with zero attached hydrogens (tertiary/aromatic N) is 2. The molecular formula is C23H19N3O5. The van der Waals surface area contributed by atoms with Crippen LogP contribution in [0.25, 0.3) is 33.5 Å². The smallest absolute Gasteiger partial charge is 0.224 e. The van der Waals surface area contributed by atoms with Crippen LogP contribution in [-0.2, 0) is 4.79 Å². The van der Waals surface area contributed by atoms with Crippen molar-refractivity contribution in [3.05, 3.63) is 59.2 Å². The number of rotatable bonds is 3. The van der Waals surface area contributed by atoms with Gasteiger partial charge in [-0.3, -0.25) is 9.59 Å². The monoisotopic (exact) mass is 417 g/mol. The standard InChI is InChI=1S/C23H19N3O5/c1-13(27)26-5-6-30-21-4-3-14(7-19(21)26)17-9-20(28)15-8-16(23-11-24-12-31-23)22(29-2)10-18(15)25-17/h3-4,7-12H,5-6H2,1-2H3,(H,25,28). The van der Waals surface area contributed by atoms with Crippen molar-refractivity contribution in [2.75, 3.05) is 25.2 Å². The fraction of sp³-hybridized carbons (Fsp3) is 0.174. The molecule has 1 aliphatic rings. The molecule has 0 spiro atoms. The van der Waals surface area contributed by atoms with E-state index in [1.165, 1.54) is 13.3 Å². The Kier molecular flexibility index (Phi) is 4.47. The molecule has 8 nitrogen and oxygen atoms in total. The van der Waals surface area contributed by atoms with Gasteiger partial charge in [-0.1, -0.05) is 0 Å². The number of anilines is 1. The van der Waals surface area contributed by atoms with E-state index in [0.29, 0.717) is 58.3 Å². The first-order valence-electron chi connectivity index (χ1n) is 9.74. The van der Waals surface area contributed by atoms with E-state index in [1.54, 1.807) is 36.4 Å². The van der Waals surface area contributed by atoms with Crippen molar-refractivity contribution in [1.82, 2.24) is 9.97 Å². The lowest BCUT2D eigenvalue weighted by Crippen LogP contribution is -2.36. The molecule has 0 radical (unpaired) electrons. The lowest BCUT2D eigenvalue weighted by molar-refractivity contribution is -0.116. The van der Waals surface area contributed by atoms with E-state index in [9.17, 15) is 9.59 Å². The lowest BCUT2D eigenvalue weighted by Gasteiger charge is -2.29. The zero-order valence-corrected chi connectivity index (χ0v) is 17.0. The SMILES string of the molecule is COc1cc2[nH]c(-c3ccc4c(c3)N(C(C)=O)CCO4)cc(=O)c2cc1-c1cnco1. The highest BCUT2D eigenvalue weighted by Crippen LogP contribution is 2.36. The van der Waals surface area contributed by atoms with E-state index in [4.69, 9.17) is 13.9 Å². The number of methoxy groups -OCH3 is 1. The summed E-state index contributed by atoms with van der Waals surface area (Å²) in [5.74, 6) is 1.66. The number of nitrogens with one attached hydrogen (secondary N) is 1. The molecule has 1 N–H and O–H groups in total. The second-order valence-corrected chi connectivity index (χ2v) is 7.21. The first-order valence-corrected chi connectivity index (χ1v) is 9.74. The first kappa shape index (κ1) is 18.9. The molecule has 0 fully saturated rings. The highest BCUT2D eigenvalue weighted by molar-refractivity contribution is 5.95. The molecule has 0 bridgehead atoms. The van der Waals surface area contributed by atoms with Crippen molar-refractivity contribution in [3.63, 3.8) is 0 Å². The van der Waals surface area contributed by atoms with Crippen LogP contribution in [0.2, 0.25) is 0 Å². The number of carbonyl (C=O) groups is 1. The van der Waals surface area contributed by atoms with Crippen LogP contribution >= 0.6 is 0 Å².